The van der Waals surface area contributed by atoms with Gasteiger partial charge in [0.25, 0.3) is 5.91 Å². The van der Waals surface area contributed by atoms with E-state index in [1.165, 1.54) is 7.11 Å². The lowest BCUT2D eigenvalue weighted by Gasteiger charge is -2.17. The molecule has 2 aromatic rings. The number of hydrogen-bond donors (Lipinski definition) is 1. The predicted molar refractivity (Wildman–Crippen MR) is 76.4 cm³/mol. The standard InChI is InChI=1S/C14H18N4O2/c1-17(8-10-7-16-18(2)9-10)14(19)11-4-5-12(15)13(6-11)20-3/h4-7,9H,8,15H2,1-3H3. The van der Waals surface area contributed by atoms with Gasteiger partial charge < -0.3 is 15.4 Å². The SMILES string of the molecule is COc1cc(C(=O)N(C)Cc2cnn(C)c2)ccc1N. The first-order chi connectivity index (χ1) is 9.51. The van der Waals surface area contributed by atoms with Gasteiger partial charge in [-0.05, 0) is 18.2 Å². The van der Waals surface area contributed by atoms with Gasteiger partial charge in [0.15, 0.2) is 0 Å². The van der Waals surface area contributed by atoms with Crippen molar-refractivity contribution in [3.05, 3.63) is 41.7 Å². The maximum atomic E-state index is 12.3. The monoisotopic (exact) mass is 274 g/mol. The Morgan fingerprint density at radius 2 is 2.25 bits per heavy atom. The average molecular weight is 274 g/mol. The first kappa shape index (κ1) is 13.9. The Labute approximate surface area is 117 Å². The summed E-state index contributed by atoms with van der Waals surface area (Å²) in [4.78, 5) is 14.0. The summed E-state index contributed by atoms with van der Waals surface area (Å²) in [6.07, 6.45) is 3.63. The van der Waals surface area contributed by atoms with Crippen LogP contribution < -0.4 is 10.5 Å². The van der Waals surface area contributed by atoms with Crippen LogP contribution in [0.2, 0.25) is 0 Å². The Morgan fingerprint density at radius 1 is 1.50 bits per heavy atom. The smallest absolute Gasteiger partial charge is 0.254 e. The van der Waals surface area contributed by atoms with Crippen LogP contribution in [0, 0.1) is 0 Å². The highest BCUT2D eigenvalue weighted by molar-refractivity contribution is 5.95. The van der Waals surface area contributed by atoms with Crippen LogP contribution in [0.25, 0.3) is 0 Å². The minimum atomic E-state index is -0.0906. The first-order valence-corrected chi connectivity index (χ1v) is 6.17. The first-order valence-electron chi connectivity index (χ1n) is 6.17. The van der Waals surface area contributed by atoms with Gasteiger partial charge in [0, 0.05) is 38.0 Å². The number of aromatic nitrogens is 2. The van der Waals surface area contributed by atoms with Gasteiger partial charge in [-0.25, -0.2) is 0 Å². The minimum Gasteiger partial charge on any atom is -0.495 e. The number of methoxy groups -OCH3 is 1. The van der Waals surface area contributed by atoms with E-state index in [1.54, 1.807) is 41.0 Å². The van der Waals surface area contributed by atoms with Crippen molar-refractivity contribution in [2.45, 2.75) is 6.54 Å². The molecule has 1 aromatic carbocycles. The van der Waals surface area contributed by atoms with Crippen molar-refractivity contribution in [3.8, 4) is 5.75 Å². The number of carbonyl (C=O) groups excluding carboxylic acids is 1. The van der Waals surface area contributed by atoms with Gasteiger partial charge in [-0.2, -0.15) is 5.10 Å². The summed E-state index contributed by atoms with van der Waals surface area (Å²) >= 11 is 0. The maximum absolute atomic E-state index is 12.3. The third-order valence-electron chi connectivity index (χ3n) is 3.01. The largest absolute Gasteiger partial charge is 0.495 e. The van der Waals surface area contributed by atoms with Crippen LogP contribution in [-0.2, 0) is 13.6 Å². The number of nitrogens with two attached hydrogens (primary N) is 1. The molecule has 0 spiro atoms. The Hall–Kier alpha value is -2.50. The molecule has 20 heavy (non-hydrogen) atoms. The Balaban J connectivity index is 2.14. The van der Waals surface area contributed by atoms with Crippen LogP contribution in [0.3, 0.4) is 0 Å². The normalized spacial score (nSPS) is 10.3. The lowest BCUT2D eigenvalue weighted by Crippen LogP contribution is -2.26. The quantitative estimate of drug-likeness (QED) is 0.852. The zero-order valence-corrected chi connectivity index (χ0v) is 11.8. The molecule has 0 radical (unpaired) electrons. The van der Waals surface area contributed by atoms with Crippen LogP contribution in [0.4, 0.5) is 5.69 Å². The molecule has 1 amide bonds. The van der Waals surface area contributed by atoms with Crippen molar-refractivity contribution < 1.29 is 9.53 Å². The highest BCUT2D eigenvalue weighted by Gasteiger charge is 2.14. The molecule has 0 unspecified atom stereocenters. The minimum absolute atomic E-state index is 0.0906. The van der Waals surface area contributed by atoms with Gasteiger partial charge >= 0.3 is 0 Å². The lowest BCUT2D eigenvalue weighted by atomic mass is 10.1. The predicted octanol–water partition coefficient (Wildman–Crippen LogP) is 1.28. The fraction of sp³-hybridized carbons (Fsp3) is 0.286. The number of aryl methyl sites for hydroxylation is 1. The van der Waals surface area contributed by atoms with Crippen LogP contribution in [0.15, 0.2) is 30.6 Å². The van der Waals surface area contributed by atoms with Gasteiger partial charge in [-0.3, -0.25) is 9.48 Å². The van der Waals surface area contributed by atoms with Crippen LogP contribution >= 0.6 is 0 Å². The van der Waals surface area contributed by atoms with E-state index in [4.69, 9.17) is 10.5 Å². The van der Waals surface area contributed by atoms with E-state index in [-0.39, 0.29) is 5.91 Å². The van der Waals surface area contributed by atoms with E-state index < -0.39 is 0 Å². The second-order valence-electron chi connectivity index (χ2n) is 4.64. The third-order valence-corrected chi connectivity index (χ3v) is 3.01. The zero-order valence-electron chi connectivity index (χ0n) is 11.8. The van der Waals surface area contributed by atoms with Crippen molar-refractivity contribution in [1.29, 1.82) is 0 Å². The summed E-state index contributed by atoms with van der Waals surface area (Å²) in [6.45, 7) is 0.499. The number of rotatable bonds is 4. The Morgan fingerprint density at radius 3 is 2.85 bits per heavy atom. The summed E-state index contributed by atoms with van der Waals surface area (Å²) in [5, 5.41) is 4.08. The summed E-state index contributed by atoms with van der Waals surface area (Å²) in [7, 11) is 5.12. The number of ether oxygens (including phenoxy) is 1. The summed E-state index contributed by atoms with van der Waals surface area (Å²) in [6, 6.07) is 5.02. The van der Waals surface area contributed by atoms with Crippen LogP contribution in [0.1, 0.15) is 15.9 Å². The molecule has 6 nitrogen and oxygen atoms in total. The van der Waals surface area contributed by atoms with E-state index >= 15 is 0 Å². The number of hydrogen-bond acceptors (Lipinski definition) is 4. The molecule has 0 aliphatic rings. The average Bonchev–Trinajstić information content (AvgIpc) is 2.83. The van der Waals surface area contributed by atoms with Crippen molar-refractivity contribution in [1.82, 2.24) is 14.7 Å². The number of carbonyl (C=O) groups is 1. The van der Waals surface area contributed by atoms with Gasteiger partial charge in [0.1, 0.15) is 5.75 Å². The van der Waals surface area contributed by atoms with Crippen molar-refractivity contribution >= 4 is 11.6 Å². The highest BCUT2D eigenvalue weighted by atomic mass is 16.5. The van der Waals surface area contributed by atoms with Gasteiger partial charge in [-0.1, -0.05) is 0 Å². The fourth-order valence-electron chi connectivity index (χ4n) is 1.96. The molecule has 0 saturated heterocycles. The fourth-order valence-corrected chi connectivity index (χ4v) is 1.96. The molecule has 1 heterocycles. The maximum Gasteiger partial charge on any atom is 0.254 e. The molecule has 0 saturated carbocycles. The van der Waals surface area contributed by atoms with Crippen LogP contribution in [0.5, 0.6) is 5.75 Å². The molecule has 2 rings (SSSR count). The molecule has 0 atom stereocenters. The lowest BCUT2D eigenvalue weighted by molar-refractivity contribution is 0.0785. The highest BCUT2D eigenvalue weighted by Crippen LogP contribution is 2.23. The third kappa shape index (κ3) is 2.90. The van der Waals surface area contributed by atoms with E-state index in [0.717, 1.165) is 5.56 Å². The molecule has 0 aliphatic heterocycles. The number of benzene rings is 1. The van der Waals surface area contributed by atoms with E-state index in [2.05, 4.69) is 5.10 Å². The van der Waals surface area contributed by atoms with Gasteiger partial charge in [-0.15, -0.1) is 0 Å². The second-order valence-corrected chi connectivity index (χ2v) is 4.64. The van der Waals surface area contributed by atoms with Crippen molar-refractivity contribution in [3.63, 3.8) is 0 Å². The molecule has 6 heteroatoms. The van der Waals surface area contributed by atoms with E-state index in [0.29, 0.717) is 23.5 Å². The van der Waals surface area contributed by atoms with E-state index in [1.807, 2.05) is 13.2 Å². The molecule has 0 aliphatic carbocycles. The molecule has 106 valence electrons. The summed E-state index contributed by atoms with van der Waals surface area (Å²) in [5.41, 5.74) is 7.78. The number of nitrogens with zero attached hydrogens (tertiary/aromatic N) is 3. The number of anilines is 1. The molecule has 0 fully saturated rings. The topological polar surface area (TPSA) is 73.4 Å². The molecule has 0 bridgehead atoms. The number of amides is 1. The van der Waals surface area contributed by atoms with Crippen molar-refractivity contribution in [2.24, 2.45) is 7.05 Å². The van der Waals surface area contributed by atoms with Gasteiger partial charge in [0.05, 0.1) is 19.0 Å². The summed E-state index contributed by atoms with van der Waals surface area (Å²) < 4.78 is 6.84. The molecular weight excluding hydrogens is 256 g/mol. The summed E-state index contributed by atoms with van der Waals surface area (Å²) in [5.74, 6) is 0.415. The van der Waals surface area contributed by atoms with Crippen LogP contribution in [-0.4, -0.2) is 34.7 Å². The van der Waals surface area contributed by atoms with Gasteiger partial charge in [0.2, 0.25) is 0 Å². The van der Waals surface area contributed by atoms with Crippen molar-refractivity contribution in [2.75, 3.05) is 19.9 Å². The Kier molecular flexibility index (Phi) is 3.93. The second kappa shape index (κ2) is 5.64. The zero-order chi connectivity index (χ0) is 14.7. The molecule has 1 aromatic heterocycles. The van der Waals surface area contributed by atoms with E-state index in [9.17, 15) is 4.79 Å². The number of nitrogen functional groups attached to an aromatic ring is 1. The molecule has 2 N–H and O–H groups in total. The molecular formula is C14H18N4O2. The Bertz CT molecular complexity index is 621.